The highest BCUT2D eigenvalue weighted by Crippen LogP contribution is 2.37. The molecule has 2 heteroatoms. The predicted octanol–water partition coefficient (Wildman–Crippen LogP) is 3.62. The second kappa shape index (κ2) is 5.79. The van der Waals surface area contributed by atoms with Gasteiger partial charge in [-0.2, -0.15) is 0 Å². The largest absolute Gasteiger partial charge is 0.497 e. The fourth-order valence-electron chi connectivity index (χ4n) is 3.04. The van der Waals surface area contributed by atoms with Crippen LogP contribution in [0, 0.1) is 0 Å². The van der Waals surface area contributed by atoms with Crippen molar-refractivity contribution in [3.63, 3.8) is 0 Å². The molecule has 0 aliphatic carbocycles. The van der Waals surface area contributed by atoms with Crippen LogP contribution in [0.5, 0.6) is 5.75 Å². The van der Waals surface area contributed by atoms with Crippen molar-refractivity contribution < 1.29 is 4.74 Å². The number of rotatable bonds is 4. The second-order valence-corrected chi connectivity index (χ2v) is 5.90. The fourth-order valence-corrected chi connectivity index (χ4v) is 3.04. The Morgan fingerprint density at radius 1 is 1.53 bits per heavy atom. The number of piperidine rings is 1. The molecule has 2 rings (SSSR count). The zero-order chi connectivity index (χ0) is 13.9. The number of nitrogens with zero attached hydrogens (tertiary/aromatic N) is 1. The molecular weight excluding hydrogens is 234 g/mol. The Morgan fingerprint density at radius 2 is 2.32 bits per heavy atom. The molecule has 1 fully saturated rings. The fraction of sp³-hybridized carbons (Fsp3) is 0.529. The van der Waals surface area contributed by atoms with Gasteiger partial charge in [0.15, 0.2) is 0 Å². The lowest BCUT2D eigenvalue weighted by Gasteiger charge is -2.44. The molecule has 0 N–H and O–H groups in total. The lowest BCUT2D eigenvalue weighted by atomic mass is 9.74. The van der Waals surface area contributed by atoms with E-state index in [1.54, 1.807) is 7.11 Å². The quantitative estimate of drug-likeness (QED) is 0.766. The molecule has 19 heavy (non-hydrogen) atoms. The number of hydrogen-bond donors (Lipinski definition) is 0. The molecular formula is C17H25NO. The second-order valence-electron chi connectivity index (χ2n) is 5.90. The highest BCUT2D eigenvalue weighted by atomic mass is 16.5. The molecule has 0 spiro atoms. The van der Waals surface area contributed by atoms with E-state index in [1.165, 1.54) is 18.4 Å². The first-order chi connectivity index (χ1) is 9.09. The Morgan fingerprint density at radius 3 is 3.00 bits per heavy atom. The first-order valence-electron chi connectivity index (χ1n) is 7.08. The van der Waals surface area contributed by atoms with Crippen molar-refractivity contribution >= 4 is 0 Å². The van der Waals surface area contributed by atoms with E-state index in [-0.39, 0.29) is 5.41 Å². The third kappa shape index (κ3) is 3.01. The number of methoxy groups -OCH3 is 1. The van der Waals surface area contributed by atoms with Crippen molar-refractivity contribution in [2.75, 3.05) is 20.2 Å². The summed E-state index contributed by atoms with van der Waals surface area (Å²) >= 11 is 0. The molecule has 1 aliphatic rings. The van der Waals surface area contributed by atoms with Crippen molar-refractivity contribution in [1.29, 1.82) is 0 Å². The molecule has 0 saturated carbocycles. The predicted molar refractivity (Wildman–Crippen MR) is 80.8 cm³/mol. The number of likely N-dealkylation sites (tertiary alicyclic amines) is 1. The minimum atomic E-state index is 0.212. The summed E-state index contributed by atoms with van der Waals surface area (Å²) in [4.78, 5) is 2.52. The number of ether oxygens (including phenoxy) is 1. The first-order valence-corrected chi connectivity index (χ1v) is 7.08. The van der Waals surface area contributed by atoms with Crippen LogP contribution >= 0.6 is 0 Å². The van der Waals surface area contributed by atoms with E-state index in [1.807, 2.05) is 12.1 Å². The van der Waals surface area contributed by atoms with Gasteiger partial charge in [0.1, 0.15) is 5.75 Å². The van der Waals surface area contributed by atoms with E-state index >= 15 is 0 Å². The van der Waals surface area contributed by atoms with Crippen molar-refractivity contribution in [1.82, 2.24) is 4.90 Å². The third-order valence-corrected chi connectivity index (χ3v) is 4.42. The van der Waals surface area contributed by atoms with Crippen LogP contribution in [0.2, 0.25) is 0 Å². The summed E-state index contributed by atoms with van der Waals surface area (Å²) in [5, 5.41) is 0. The van der Waals surface area contributed by atoms with Gasteiger partial charge in [-0.1, -0.05) is 25.1 Å². The first kappa shape index (κ1) is 14.1. The number of benzene rings is 1. The third-order valence-electron chi connectivity index (χ3n) is 4.42. The van der Waals surface area contributed by atoms with E-state index in [0.29, 0.717) is 6.04 Å². The molecule has 1 aromatic carbocycles. The summed E-state index contributed by atoms with van der Waals surface area (Å²) in [6, 6.07) is 9.17. The van der Waals surface area contributed by atoms with Crippen LogP contribution in [0.4, 0.5) is 0 Å². The maximum absolute atomic E-state index is 5.36. The summed E-state index contributed by atoms with van der Waals surface area (Å²) < 4.78 is 5.36. The maximum Gasteiger partial charge on any atom is 0.119 e. The van der Waals surface area contributed by atoms with Crippen LogP contribution in [0.25, 0.3) is 0 Å². The molecule has 0 radical (unpaired) electrons. The lowest BCUT2D eigenvalue weighted by Crippen LogP contribution is -2.48. The molecule has 0 unspecified atom stereocenters. The minimum absolute atomic E-state index is 0.212. The Bertz CT molecular complexity index is 443. The molecule has 104 valence electrons. The Hall–Kier alpha value is -1.28. The molecule has 0 aromatic heterocycles. The van der Waals surface area contributed by atoms with E-state index < -0.39 is 0 Å². The standard InChI is InChI=1S/C17H25NO/c1-5-11-18-13-17(3,10-9-14(18)2)15-7-6-8-16(12-15)19-4/h5-8,12,14H,1,9-11,13H2,2-4H3/t14-,17+/m0/s1. The molecule has 1 heterocycles. The molecule has 0 bridgehead atoms. The van der Waals surface area contributed by atoms with E-state index in [4.69, 9.17) is 4.74 Å². The van der Waals surface area contributed by atoms with Crippen LogP contribution in [0.15, 0.2) is 36.9 Å². The molecule has 2 nitrogen and oxygen atoms in total. The minimum Gasteiger partial charge on any atom is -0.497 e. The molecule has 1 aromatic rings. The Kier molecular flexibility index (Phi) is 4.31. The zero-order valence-electron chi connectivity index (χ0n) is 12.4. The van der Waals surface area contributed by atoms with Crippen LogP contribution in [-0.4, -0.2) is 31.1 Å². The molecule has 0 amide bonds. The summed E-state index contributed by atoms with van der Waals surface area (Å²) in [6.45, 7) is 10.6. The van der Waals surface area contributed by atoms with E-state index in [2.05, 4.69) is 43.5 Å². The maximum atomic E-state index is 5.36. The van der Waals surface area contributed by atoms with Gasteiger partial charge in [-0.05, 0) is 37.5 Å². The molecule has 1 saturated heterocycles. The van der Waals surface area contributed by atoms with Gasteiger partial charge in [0.25, 0.3) is 0 Å². The van der Waals surface area contributed by atoms with Crippen molar-refractivity contribution in [2.24, 2.45) is 0 Å². The molecule has 2 atom stereocenters. The SMILES string of the molecule is C=CCN1C[C@](C)(c2cccc(OC)c2)CC[C@@H]1C. The van der Waals surface area contributed by atoms with E-state index in [9.17, 15) is 0 Å². The highest BCUT2D eigenvalue weighted by molar-refractivity contribution is 5.34. The summed E-state index contributed by atoms with van der Waals surface area (Å²) in [5.41, 5.74) is 1.59. The van der Waals surface area contributed by atoms with Crippen molar-refractivity contribution in [2.45, 2.75) is 38.1 Å². The van der Waals surface area contributed by atoms with Gasteiger partial charge in [-0.3, -0.25) is 4.90 Å². The monoisotopic (exact) mass is 259 g/mol. The Labute approximate surface area is 117 Å². The smallest absolute Gasteiger partial charge is 0.119 e. The lowest BCUT2D eigenvalue weighted by molar-refractivity contribution is 0.116. The van der Waals surface area contributed by atoms with Gasteiger partial charge < -0.3 is 4.74 Å². The summed E-state index contributed by atoms with van der Waals surface area (Å²) in [7, 11) is 1.73. The van der Waals surface area contributed by atoms with Crippen LogP contribution < -0.4 is 4.74 Å². The summed E-state index contributed by atoms with van der Waals surface area (Å²) in [5.74, 6) is 0.951. The van der Waals surface area contributed by atoms with Gasteiger partial charge in [0.2, 0.25) is 0 Å². The van der Waals surface area contributed by atoms with Crippen LogP contribution in [0.3, 0.4) is 0 Å². The summed E-state index contributed by atoms with van der Waals surface area (Å²) in [6.07, 6.45) is 4.48. The average Bonchev–Trinajstić information content (AvgIpc) is 2.43. The van der Waals surface area contributed by atoms with E-state index in [0.717, 1.165) is 18.8 Å². The van der Waals surface area contributed by atoms with Crippen LogP contribution in [-0.2, 0) is 5.41 Å². The van der Waals surface area contributed by atoms with Crippen molar-refractivity contribution in [3.05, 3.63) is 42.5 Å². The topological polar surface area (TPSA) is 12.5 Å². The van der Waals surface area contributed by atoms with Gasteiger partial charge in [0.05, 0.1) is 7.11 Å². The van der Waals surface area contributed by atoms with Gasteiger partial charge in [0, 0.05) is 24.5 Å². The highest BCUT2D eigenvalue weighted by Gasteiger charge is 2.35. The van der Waals surface area contributed by atoms with Gasteiger partial charge in [-0.15, -0.1) is 6.58 Å². The normalized spacial score (nSPS) is 28.1. The average molecular weight is 259 g/mol. The zero-order valence-corrected chi connectivity index (χ0v) is 12.4. The Balaban J connectivity index is 2.23. The number of hydrogen-bond acceptors (Lipinski definition) is 2. The van der Waals surface area contributed by atoms with Crippen molar-refractivity contribution in [3.8, 4) is 5.75 Å². The molecule has 1 aliphatic heterocycles. The van der Waals surface area contributed by atoms with Crippen LogP contribution in [0.1, 0.15) is 32.3 Å². The van der Waals surface area contributed by atoms with Gasteiger partial charge in [-0.25, -0.2) is 0 Å². The van der Waals surface area contributed by atoms with Gasteiger partial charge >= 0.3 is 0 Å².